The minimum Gasteiger partial charge on any atom is -0.385 e. The van der Waals surface area contributed by atoms with Crippen LogP contribution < -0.4 is 11.1 Å². The fourth-order valence-electron chi connectivity index (χ4n) is 2.88. The molecule has 3 aromatic rings. The highest BCUT2D eigenvalue weighted by atomic mass is 15.1. The number of aromatic nitrogens is 4. The van der Waals surface area contributed by atoms with Gasteiger partial charge in [0.25, 0.3) is 0 Å². The van der Waals surface area contributed by atoms with Gasteiger partial charge in [0.05, 0.1) is 0 Å². The molecule has 7 nitrogen and oxygen atoms in total. The first-order valence-corrected chi connectivity index (χ1v) is 8.64. The molecule has 0 bridgehead atoms. The van der Waals surface area contributed by atoms with Crippen molar-refractivity contribution >= 4 is 22.7 Å². The van der Waals surface area contributed by atoms with Crippen LogP contribution in [0, 0.1) is 18.3 Å². The molecule has 0 aliphatic heterocycles. The van der Waals surface area contributed by atoms with Gasteiger partial charge < -0.3 is 21.4 Å². The Morgan fingerprint density at radius 3 is 2.81 bits per heavy atom. The van der Waals surface area contributed by atoms with Gasteiger partial charge in [0.15, 0.2) is 0 Å². The molecule has 0 spiro atoms. The summed E-state index contributed by atoms with van der Waals surface area (Å²) in [4.78, 5) is 16.2. The molecule has 132 valence electrons. The van der Waals surface area contributed by atoms with Crippen LogP contribution >= 0.6 is 0 Å². The van der Waals surface area contributed by atoms with E-state index in [2.05, 4.69) is 31.3 Å². The molecule has 1 aliphatic carbocycles. The third kappa shape index (κ3) is 3.56. The Labute approximate surface area is 151 Å². The van der Waals surface area contributed by atoms with Crippen LogP contribution in [0.2, 0.25) is 0 Å². The van der Waals surface area contributed by atoms with E-state index in [1.165, 1.54) is 0 Å². The summed E-state index contributed by atoms with van der Waals surface area (Å²) in [7, 11) is 0. The summed E-state index contributed by atoms with van der Waals surface area (Å²) in [6, 6.07) is 2.13. The number of nitrogens with two attached hydrogens (primary N) is 1. The molecule has 1 fully saturated rings. The molecule has 0 saturated heterocycles. The van der Waals surface area contributed by atoms with Crippen LogP contribution in [0.1, 0.15) is 29.5 Å². The van der Waals surface area contributed by atoms with Crippen LogP contribution in [0.25, 0.3) is 11.0 Å². The third-order valence-corrected chi connectivity index (χ3v) is 4.44. The summed E-state index contributed by atoms with van der Waals surface area (Å²) in [6.07, 6.45) is 11.9. The standard InChI is InChI=1S/C19H21N7/c1-11-4-15-14(10-23-18(15)22-7-11)5-12-8-24-19(25-9-12)26-17(21)6-16(20)13-2-3-13/h4,6-10,13,20H,2-3,5,21H2,1H3,(H,22,23)(H,24,25,26)/b17-6+,20-16?. The van der Waals surface area contributed by atoms with Gasteiger partial charge in [-0.05, 0) is 48.6 Å². The molecule has 0 radical (unpaired) electrons. The first-order chi connectivity index (χ1) is 12.6. The molecule has 3 heterocycles. The number of allylic oxidation sites excluding steroid dienone is 1. The van der Waals surface area contributed by atoms with E-state index in [0.29, 0.717) is 23.4 Å². The lowest BCUT2D eigenvalue weighted by atomic mass is 10.1. The topological polar surface area (TPSA) is 116 Å². The van der Waals surface area contributed by atoms with Crippen LogP contribution in [0.15, 0.2) is 42.8 Å². The second kappa shape index (κ2) is 6.59. The van der Waals surface area contributed by atoms with Gasteiger partial charge in [-0.1, -0.05) is 0 Å². The van der Waals surface area contributed by atoms with Gasteiger partial charge in [-0.15, -0.1) is 0 Å². The van der Waals surface area contributed by atoms with E-state index >= 15 is 0 Å². The minimum absolute atomic E-state index is 0.368. The summed E-state index contributed by atoms with van der Waals surface area (Å²) < 4.78 is 0. The van der Waals surface area contributed by atoms with Gasteiger partial charge in [-0.3, -0.25) is 0 Å². The molecule has 0 amide bonds. The maximum atomic E-state index is 7.88. The number of anilines is 1. The second-order valence-corrected chi connectivity index (χ2v) is 6.77. The van der Waals surface area contributed by atoms with Gasteiger partial charge >= 0.3 is 0 Å². The normalized spacial score (nSPS) is 14.6. The minimum atomic E-state index is 0.368. The molecule has 1 saturated carbocycles. The van der Waals surface area contributed by atoms with E-state index in [9.17, 15) is 0 Å². The van der Waals surface area contributed by atoms with E-state index < -0.39 is 0 Å². The summed E-state index contributed by atoms with van der Waals surface area (Å²) in [6.45, 7) is 2.04. The first-order valence-electron chi connectivity index (χ1n) is 8.64. The number of hydrogen-bond acceptors (Lipinski definition) is 6. The Bertz CT molecular complexity index is 981. The SMILES string of the molecule is Cc1cnc2[nH]cc(Cc3cnc(N/C(N)=C/C(=N)C4CC4)nc3)c2c1. The summed E-state index contributed by atoms with van der Waals surface area (Å²) in [5, 5.41) is 11.9. The average Bonchev–Trinajstić information content (AvgIpc) is 3.40. The molecule has 0 aromatic carbocycles. The van der Waals surface area contributed by atoms with E-state index in [1.807, 2.05) is 19.3 Å². The highest BCUT2D eigenvalue weighted by Gasteiger charge is 2.25. The molecular weight excluding hydrogens is 326 g/mol. The van der Waals surface area contributed by atoms with Crippen LogP contribution in [-0.4, -0.2) is 25.6 Å². The lowest BCUT2D eigenvalue weighted by molar-refractivity contribution is 1.06. The number of aryl methyl sites for hydroxylation is 1. The smallest absolute Gasteiger partial charge is 0.228 e. The molecule has 0 unspecified atom stereocenters. The Balaban J connectivity index is 1.45. The predicted molar refractivity (Wildman–Crippen MR) is 102 cm³/mol. The summed E-state index contributed by atoms with van der Waals surface area (Å²) >= 11 is 0. The number of pyridine rings is 1. The van der Waals surface area contributed by atoms with Crippen LogP contribution in [0.3, 0.4) is 0 Å². The quantitative estimate of drug-likeness (QED) is 0.512. The lowest BCUT2D eigenvalue weighted by Gasteiger charge is -2.06. The predicted octanol–water partition coefficient (Wildman–Crippen LogP) is 2.89. The van der Waals surface area contributed by atoms with Gasteiger partial charge in [0.1, 0.15) is 11.5 Å². The van der Waals surface area contributed by atoms with Crippen molar-refractivity contribution in [1.82, 2.24) is 19.9 Å². The van der Waals surface area contributed by atoms with Crippen molar-refractivity contribution in [3.63, 3.8) is 0 Å². The Kier molecular flexibility index (Phi) is 4.12. The summed E-state index contributed by atoms with van der Waals surface area (Å²) in [5.41, 5.74) is 10.7. The Hall–Kier alpha value is -3.22. The number of nitrogens with zero attached hydrogens (tertiary/aromatic N) is 3. The van der Waals surface area contributed by atoms with Crippen molar-refractivity contribution in [1.29, 1.82) is 5.41 Å². The largest absolute Gasteiger partial charge is 0.385 e. The fraction of sp³-hybridized carbons (Fsp3) is 0.263. The molecule has 26 heavy (non-hydrogen) atoms. The molecule has 0 atom stereocenters. The number of nitrogens with one attached hydrogen (secondary N) is 3. The Morgan fingerprint density at radius 2 is 2.08 bits per heavy atom. The first kappa shape index (κ1) is 16.3. The number of rotatable bonds is 6. The van der Waals surface area contributed by atoms with Crippen molar-refractivity contribution < 1.29 is 0 Å². The number of hydrogen-bond donors (Lipinski definition) is 4. The third-order valence-electron chi connectivity index (χ3n) is 4.44. The number of aromatic amines is 1. The lowest BCUT2D eigenvalue weighted by Crippen LogP contribution is -2.14. The van der Waals surface area contributed by atoms with E-state index in [1.54, 1.807) is 18.5 Å². The van der Waals surface area contributed by atoms with Crippen molar-refractivity contribution in [2.75, 3.05) is 5.32 Å². The fourth-order valence-corrected chi connectivity index (χ4v) is 2.88. The zero-order chi connectivity index (χ0) is 18.1. The van der Waals surface area contributed by atoms with E-state index in [4.69, 9.17) is 11.1 Å². The monoisotopic (exact) mass is 347 g/mol. The zero-order valence-corrected chi connectivity index (χ0v) is 14.6. The molecule has 5 N–H and O–H groups in total. The maximum absolute atomic E-state index is 7.88. The number of H-pyrrole nitrogens is 1. The average molecular weight is 347 g/mol. The van der Waals surface area contributed by atoms with Gasteiger partial charge in [0.2, 0.25) is 5.95 Å². The van der Waals surface area contributed by atoms with Crippen molar-refractivity contribution in [3.8, 4) is 0 Å². The van der Waals surface area contributed by atoms with Crippen molar-refractivity contribution in [2.24, 2.45) is 11.7 Å². The highest BCUT2D eigenvalue weighted by molar-refractivity contribution is 5.96. The molecule has 3 aromatic heterocycles. The molecule has 7 heteroatoms. The second-order valence-electron chi connectivity index (χ2n) is 6.77. The molecule has 4 rings (SSSR count). The maximum Gasteiger partial charge on any atom is 0.228 e. The molecular formula is C19H21N7. The van der Waals surface area contributed by atoms with Crippen LogP contribution in [0.5, 0.6) is 0 Å². The number of fused-ring (bicyclic) bond motifs is 1. The van der Waals surface area contributed by atoms with E-state index in [-0.39, 0.29) is 0 Å². The Morgan fingerprint density at radius 1 is 1.31 bits per heavy atom. The van der Waals surface area contributed by atoms with Gasteiger partial charge in [-0.2, -0.15) is 0 Å². The summed E-state index contributed by atoms with van der Waals surface area (Å²) in [5.74, 6) is 1.20. The highest BCUT2D eigenvalue weighted by Crippen LogP contribution is 2.30. The molecule has 1 aliphatic rings. The van der Waals surface area contributed by atoms with E-state index in [0.717, 1.165) is 47.0 Å². The van der Waals surface area contributed by atoms with Gasteiger partial charge in [-0.25, -0.2) is 15.0 Å². The zero-order valence-electron chi connectivity index (χ0n) is 14.6. The van der Waals surface area contributed by atoms with Crippen LogP contribution in [0.4, 0.5) is 5.95 Å². The van der Waals surface area contributed by atoms with Gasteiger partial charge in [0, 0.05) is 48.2 Å². The van der Waals surface area contributed by atoms with Crippen molar-refractivity contribution in [2.45, 2.75) is 26.2 Å². The van der Waals surface area contributed by atoms with Crippen molar-refractivity contribution in [3.05, 3.63) is 59.4 Å². The van der Waals surface area contributed by atoms with Crippen LogP contribution in [-0.2, 0) is 6.42 Å².